The monoisotopic (exact) mass is 163 g/mol. The first kappa shape index (κ1) is 8.82. The van der Waals surface area contributed by atoms with E-state index in [1.807, 2.05) is 0 Å². The number of H-pyrrole nitrogens is 1. The third-order valence-corrected chi connectivity index (χ3v) is 1.56. The van der Waals surface area contributed by atoms with Gasteiger partial charge in [-0.15, -0.1) is 6.42 Å². The van der Waals surface area contributed by atoms with Crippen LogP contribution in [0, 0.1) is 12.3 Å². The van der Waals surface area contributed by atoms with Crippen molar-refractivity contribution in [3.05, 3.63) is 18.2 Å². The number of imidazole rings is 1. The number of rotatable bonds is 4. The Morgan fingerprint density at radius 2 is 2.67 bits per heavy atom. The molecule has 1 unspecified atom stereocenters. The van der Waals surface area contributed by atoms with Gasteiger partial charge in [0, 0.05) is 12.4 Å². The van der Waals surface area contributed by atoms with Crippen LogP contribution < -0.4 is 5.32 Å². The van der Waals surface area contributed by atoms with Crippen molar-refractivity contribution >= 4 is 0 Å². The number of hydrogen-bond acceptors (Lipinski definition) is 2. The number of nitrogens with zero attached hydrogens (tertiary/aromatic N) is 1. The van der Waals surface area contributed by atoms with Gasteiger partial charge in [-0.05, 0) is 13.0 Å². The number of nitrogens with one attached hydrogen (secondary N) is 2. The Morgan fingerprint density at radius 3 is 3.17 bits per heavy atom. The number of aromatic nitrogens is 2. The zero-order chi connectivity index (χ0) is 8.81. The predicted molar refractivity (Wildman–Crippen MR) is 48.5 cm³/mol. The highest BCUT2D eigenvalue weighted by Gasteiger charge is 2.07. The maximum Gasteiger partial charge on any atom is 0.135 e. The van der Waals surface area contributed by atoms with Crippen LogP contribution in [0.25, 0.3) is 0 Å². The van der Waals surface area contributed by atoms with Crippen molar-refractivity contribution in [2.75, 3.05) is 6.54 Å². The molecule has 0 bridgehead atoms. The molecule has 12 heavy (non-hydrogen) atoms. The minimum atomic E-state index is -0.0834. The summed E-state index contributed by atoms with van der Waals surface area (Å²) in [4.78, 5) is 7.06. The lowest BCUT2D eigenvalue weighted by Crippen LogP contribution is -2.21. The molecule has 1 aromatic heterocycles. The average molecular weight is 163 g/mol. The summed E-state index contributed by atoms with van der Waals surface area (Å²) in [5.74, 6) is 3.45. The maximum atomic E-state index is 5.33. The number of aromatic amines is 1. The Balaban J connectivity index is 2.53. The minimum absolute atomic E-state index is 0.0834. The standard InChI is InChI=1S/C9H13N3/c1-3-5-10-8(4-2)9-11-6-7-12-9/h2,6-8,10H,3,5H2,1H3,(H,11,12). The molecule has 1 aromatic rings. The van der Waals surface area contributed by atoms with Crippen LogP contribution in [-0.4, -0.2) is 16.5 Å². The van der Waals surface area contributed by atoms with Gasteiger partial charge in [0.2, 0.25) is 0 Å². The Morgan fingerprint density at radius 1 is 1.83 bits per heavy atom. The second-order valence-corrected chi connectivity index (χ2v) is 2.53. The molecule has 0 spiro atoms. The lowest BCUT2D eigenvalue weighted by Gasteiger charge is -2.08. The van der Waals surface area contributed by atoms with Gasteiger partial charge in [-0.2, -0.15) is 0 Å². The van der Waals surface area contributed by atoms with E-state index in [9.17, 15) is 0 Å². The quantitative estimate of drug-likeness (QED) is 0.652. The fourth-order valence-electron chi connectivity index (χ4n) is 0.959. The summed E-state index contributed by atoms with van der Waals surface area (Å²) in [5.41, 5.74) is 0. The van der Waals surface area contributed by atoms with E-state index in [1.165, 1.54) is 0 Å². The lowest BCUT2D eigenvalue weighted by atomic mass is 10.3. The van der Waals surface area contributed by atoms with E-state index in [0.717, 1.165) is 18.8 Å². The van der Waals surface area contributed by atoms with Gasteiger partial charge in [-0.1, -0.05) is 12.8 Å². The largest absolute Gasteiger partial charge is 0.346 e. The van der Waals surface area contributed by atoms with Crippen molar-refractivity contribution in [1.82, 2.24) is 15.3 Å². The van der Waals surface area contributed by atoms with Gasteiger partial charge < -0.3 is 4.98 Å². The van der Waals surface area contributed by atoms with Crippen LogP contribution in [0.5, 0.6) is 0 Å². The highest BCUT2D eigenvalue weighted by Crippen LogP contribution is 2.04. The van der Waals surface area contributed by atoms with E-state index in [1.54, 1.807) is 12.4 Å². The molecule has 3 nitrogen and oxygen atoms in total. The summed E-state index contributed by atoms with van der Waals surface area (Å²) in [6.07, 6.45) is 9.87. The van der Waals surface area contributed by atoms with Crippen LogP contribution in [0.3, 0.4) is 0 Å². The highest BCUT2D eigenvalue weighted by atomic mass is 15.0. The van der Waals surface area contributed by atoms with Gasteiger partial charge in [-0.3, -0.25) is 5.32 Å². The third kappa shape index (κ3) is 2.11. The molecular weight excluding hydrogens is 150 g/mol. The summed E-state index contributed by atoms with van der Waals surface area (Å²) in [7, 11) is 0. The predicted octanol–water partition coefficient (Wildman–Crippen LogP) is 1.08. The van der Waals surface area contributed by atoms with Crippen LogP contribution in [0.2, 0.25) is 0 Å². The van der Waals surface area contributed by atoms with Crippen molar-refractivity contribution in [3.8, 4) is 12.3 Å². The first-order chi connectivity index (χ1) is 5.88. The van der Waals surface area contributed by atoms with Crippen LogP contribution in [0.4, 0.5) is 0 Å². The minimum Gasteiger partial charge on any atom is -0.346 e. The topological polar surface area (TPSA) is 40.7 Å². The molecule has 0 aliphatic carbocycles. The van der Waals surface area contributed by atoms with Crippen molar-refractivity contribution in [1.29, 1.82) is 0 Å². The molecule has 1 rings (SSSR count). The molecule has 64 valence electrons. The van der Waals surface area contributed by atoms with Crippen LogP contribution >= 0.6 is 0 Å². The van der Waals surface area contributed by atoms with E-state index < -0.39 is 0 Å². The van der Waals surface area contributed by atoms with Gasteiger partial charge in [0.25, 0.3) is 0 Å². The molecule has 0 aliphatic heterocycles. The summed E-state index contributed by atoms with van der Waals surface area (Å²) in [6.45, 7) is 3.01. The normalized spacial score (nSPS) is 12.3. The first-order valence-corrected chi connectivity index (χ1v) is 4.07. The first-order valence-electron chi connectivity index (χ1n) is 4.07. The molecule has 0 radical (unpaired) electrons. The molecule has 0 aromatic carbocycles. The molecule has 0 saturated heterocycles. The SMILES string of the molecule is C#CC(NCCC)c1ncc[nH]1. The van der Waals surface area contributed by atoms with E-state index in [0.29, 0.717) is 0 Å². The van der Waals surface area contributed by atoms with Gasteiger partial charge in [0.15, 0.2) is 0 Å². The molecule has 1 heterocycles. The lowest BCUT2D eigenvalue weighted by molar-refractivity contribution is 0.604. The Kier molecular flexibility index (Phi) is 3.36. The molecule has 0 aliphatic rings. The molecule has 1 atom stereocenters. The van der Waals surface area contributed by atoms with Crippen LogP contribution in [0.1, 0.15) is 25.2 Å². The zero-order valence-electron chi connectivity index (χ0n) is 7.17. The molecule has 3 heteroatoms. The highest BCUT2D eigenvalue weighted by molar-refractivity contribution is 5.10. The van der Waals surface area contributed by atoms with E-state index in [-0.39, 0.29) is 6.04 Å². The number of terminal acetylenes is 1. The van der Waals surface area contributed by atoms with Gasteiger partial charge in [-0.25, -0.2) is 4.98 Å². The van der Waals surface area contributed by atoms with Crippen molar-refractivity contribution in [2.45, 2.75) is 19.4 Å². The fourth-order valence-corrected chi connectivity index (χ4v) is 0.959. The van der Waals surface area contributed by atoms with Crippen molar-refractivity contribution < 1.29 is 0 Å². The summed E-state index contributed by atoms with van der Waals surface area (Å²) in [6, 6.07) is -0.0834. The molecule has 2 N–H and O–H groups in total. The molecule has 0 saturated carbocycles. The molecule has 0 fully saturated rings. The molecule has 0 amide bonds. The summed E-state index contributed by atoms with van der Waals surface area (Å²) in [5, 5.41) is 3.19. The summed E-state index contributed by atoms with van der Waals surface area (Å²) >= 11 is 0. The third-order valence-electron chi connectivity index (χ3n) is 1.56. The molecular formula is C9H13N3. The smallest absolute Gasteiger partial charge is 0.135 e. The Bertz CT molecular complexity index is 245. The van der Waals surface area contributed by atoms with Gasteiger partial charge in [0.05, 0.1) is 0 Å². The Hall–Kier alpha value is -1.27. The Labute approximate surface area is 72.6 Å². The summed E-state index contributed by atoms with van der Waals surface area (Å²) < 4.78 is 0. The second-order valence-electron chi connectivity index (χ2n) is 2.53. The van der Waals surface area contributed by atoms with E-state index in [2.05, 4.69) is 28.1 Å². The van der Waals surface area contributed by atoms with E-state index in [4.69, 9.17) is 6.42 Å². The second kappa shape index (κ2) is 4.58. The number of hydrogen-bond donors (Lipinski definition) is 2. The average Bonchev–Trinajstić information content (AvgIpc) is 2.59. The van der Waals surface area contributed by atoms with Crippen LogP contribution in [0.15, 0.2) is 12.4 Å². The zero-order valence-corrected chi connectivity index (χ0v) is 7.17. The van der Waals surface area contributed by atoms with Gasteiger partial charge >= 0.3 is 0 Å². The van der Waals surface area contributed by atoms with E-state index >= 15 is 0 Å². The van der Waals surface area contributed by atoms with Gasteiger partial charge in [0.1, 0.15) is 11.9 Å². The van der Waals surface area contributed by atoms with Crippen LogP contribution in [-0.2, 0) is 0 Å². The van der Waals surface area contributed by atoms with Crippen molar-refractivity contribution in [2.24, 2.45) is 0 Å². The maximum absolute atomic E-state index is 5.33. The van der Waals surface area contributed by atoms with Crippen molar-refractivity contribution in [3.63, 3.8) is 0 Å². The fraction of sp³-hybridized carbons (Fsp3) is 0.444.